The number of rotatable bonds is 6. The van der Waals surface area contributed by atoms with Crippen molar-refractivity contribution in [1.82, 2.24) is 10.6 Å². The molecule has 2 N–H and O–H groups in total. The number of hydrogen-bond acceptors (Lipinski definition) is 3. The third kappa shape index (κ3) is 4.20. The number of hydrogen-bond donors (Lipinski definition) is 2. The largest absolute Gasteiger partial charge is 0.497 e. The first-order chi connectivity index (χ1) is 7.27. The monoisotopic (exact) mass is 272 g/mol. The molecule has 84 valence electrons. The predicted octanol–water partition coefficient (Wildman–Crippen LogP) is 1.77. The summed E-state index contributed by atoms with van der Waals surface area (Å²) < 4.78 is 6.29. The zero-order chi connectivity index (χ0) is 11.1. The van der Waals surface area contributed by atoms with Gasteiger partial charge in [-0.1, -0.05) is 15.9 Å². The van der Waals surface area contributed by atoms with Gasteiger partial charge in [0.05, 0.1) is 7.11 Å². The highest BCUT2D eigenvalue weighted by atomic mass is 79.9. The smallest absolute Gasteiger partial charge is 0.119 e. The Morgan fingerprint density at radius 2 is 2.13 bits per heavy atom. The van der Waals surface area contributed by atoms with Crippen molar-refractivity contribution < 1.29 is 4.74 Å². The minimum atomic E-state index is 0.847. The van der Waals surface area contributed by atoms with Crippen LogP contribution in [-0.4, -0.2) is 27.2 Å². The van der Waals surface area contributed by atoms with Crippen LogP contribution in [0.4, 0.5) is 0 Å². The maximum absolute atomic E-state index is 5.18. The van der Waals surface area contributed by atoms with E-state index >= 15 is 0 Å². The molecule has 0 spiro atoms. The van der Waals surface area contributed by atoms with Gasteiger partial charge in [0, 0.05) is 24.1 Å². The van der Waals surface area contributed by atoms with Crippen molar-refractivity contribution in [1.29, 1.82) is 0 Å². The van der Waals surface area contributed by atoms with Crippen LogP contribution in [0.1, 0.15) is 5.56 Å². The molecule has 1 aromatic rings. The van der Waals surface area contributed by atoms with E-state index in [1.807, 2.05) is 25.2 Å². The average Bonchev–Trinajstić information content (AvgIpc) is 2.26. The average molecular weight is 273 g/mol. The van der Waals surface area contributed by atoms with Crippen LogP contribution in [0.2, 0.25) is 0 Å². The molecule has 1 rings (SSSR count). The standard InChI is InChI=1S/C11H17BrN2O/c1-13-5-6-14-8-9-7-10(15-2)3-4-11(9)12/h3-4,7,13-14H,5-6,8H2,1-2H3. The van der Waals surface area contributed by atoms with Gasteiger partial charge in [0.2, 0.25) is 0 Å². The first-order valence-corrected chi connectivity index (χ1v) is 5.75. The molecule has 0 unspecified atom stereocenters. The lowest BCUT2D eigenvalue weighted by molar-refractivity contribution is 0.414. The van der Waals surface area contributed by atoms with Crippen molar-refractivity contribution >= 4 is 15.9 Å². The quantitative estimate of drug-likeness (QED) is 0.775. The second kappa shape index (κ2) is 6.82. The van der Waals surface area contributed by atoms with E-state index in [9.17, 15) is 0 Å². The van der Waals surface area contributed by atoms with Gasteiger partial charge in [0.1, 0.15) is 5.75 Å². The van der Waals surface area contributed by atoms with E-state index in [1.165, 1.54) is 5.56 Å². The second-order valence-electron chi connectivity index (χ2n) is 3.24. The Bertz CT molecular complexity index is 305. The minimum Gasteiger partial charge on any atom is -0.497 e. The minimum absolute atomic E-state index is 0.847. The topological polar surface area (TPSA) is 33.3 Å². The van der Waals surface area contributed by atoms with Gasteiger partial charge in [-0.3, -0.25) is 0 Å². The molecule has 15 heavy (non-hydrogen) atoms. The van der Waals surface area contributed by atoms with Crippen LogP contribution in [0.15, 0.2) is 22.7 Å². The van der Waals surface area contributed by atoms with E-state index in [-0.39, 0.29) is 0 Å². The number of likely N-dealkylation sites (N-methyl/N-ethyl adjacent to an activating group) is 1. The molecule has 4 heteroatoms. The van der Waals surface area contributed by atoms with Gasteiger partial charge in [-0.25, -0.2) is 0 Å². The Labute approximate surface area is 99.3 Å². The lowest BCUT2D eigenvalue weighted by atomic mass is 10.2. The summed E-state index contributed by atoms with van der Waals surface area (Å²) in [5.74, 6) is 0.892. The molecule has 0 amide bonds. The summed E-state index contributed by atoms with van der Waals surface area (Å²) in [6, 6.07) is 5.99. The zero-order valence-corrected chi connectivity index (χ0v) is 10.7. The highest BCUT2D eigenvalue weighted by Crippen LogP contribution is 2.22. The highest BCUT2D eigenvalue weighted by molar-refractivity contribution is 9.10. The van der Waals surface area contributed by atoms with E-state index in [1.54, 1.807) is 7.11 Å². The summed E-state index contributed by atoms with van der Waals surface area (Å²) in [6.07, 6.45) is 0. The zero-order valence-electron chi connectivity index (χ0n) is 9.14. The predicted molar refractivity (Wildman–Crippen MR) is 66.3 cm³/mol. The van der Waals surface area contributed by atoms with Crippen molar-refractivity contribution in [3.63, 3.8) is 0 Å². The summed E-state index contributed by atoms with van der Waals surface area (Å²) in [5.41, 5.74) is 1.21. The maximum Gasteiger partial charge on any atom is 0.119 e. The van der Waals surface area contributed by atoms with Crippen LogP contribution < -0.4 is 15.4 Å². The van der Waals surface area contributed by atoms with Gasteiger partial charge in [0.15, 0.2) is 0 Å². The summed E-state index contributed by atoms with van der Waals surface area (Å²) in [5, 5.41) is 6.44. The Hall–Kier alpha value is -0.580. The van der Waals surface area contributed by atoms with Gasteiger partial charge in [-0.15, -0.1) is 0 Å². The van der Waals surface area contributed by atoms with Crippen LogP contribution in [0.5, 0.6) is 5.75 Å². The Kier molecular flexibility index (Phi) is 5.68. The fourth-order valence-corrected chi connectivity index (χ4v) is 1.64. The van der Waals surface area contributed by atoms with Crippen molar-refractivity contribution in [2.45, 2.75) is 6.54 Å². The molecule has 0 aliphatic heterocycles. The molecule has 3 nitrogen and oxygen atoms in total. The van der Waals surface area contributed by atoms with Crippen LogP contribution in [0.25, 0.3) is 0 Å². The highest BCUT2D eigenvalue weighted by Gasteiger charge is 2.01. The van der Waals surface area contributed by atoms with Crippen LogP contribution in [0.3, 0.4) is 0 Å². The van der Waals surface area contributed by atoms with Crippen molar-refractivity contribution in [3.05, 3.63) is 28.2 Å². The third-order valence-corrected chi connectivity index (χ3v) is 2.89. The summed E-state index contributed by atoms with van der Waals surface area (Å²) in [7, 11) is 3.63. The van der Waals surface area contributed by atoms with Gasteiger partial charge >= 0.3 is 0 Å². The van der Waals surface area contributed by atoms with E-state index < -0.39 is 0 Å². The van der Waals surface area contributed by atoms with E-state index in [0.717, 1.165) is 29.9 Å². The molecule has 0 saturated heterocycles. The summed E-state index contributed by atoms with van der Waals surface area (Å²) >= 11 is 3.52. The molecular weight excluding hydrogens is 256 g/mol. The number of ether oxygens (including phenoxy) is 1. The van der Waals surface area contributed by atoms with Crippen LogP contribution >= 0.6 is 15.9 Å². The normalized spacial score (nSPS) is 10.3. The third-order valence-electron chi connectivity index (χ3n) is 2.12. The van der Waals surface area contributed by atoms with Gasteiger partial charge in [0.25, 0.3) is 0 Å². The molecule has 0 saturated carbocycles. The van der Waals surface area contributed by atoms with Crippen LogP contribution in [0, 0.1) is 0 Å². The Balaban J connectivity index is 2.51. The van der Waals surface area contributed by atoms with Gasteiger partial charge in [-0.2, -0.15) is 0 Å². The number of methoxy groups -OCH3 is 1. The molecule has 0 atom stereocenters. The lowest BCUT2D eigenvalue weighted by Crippen LogP contribution is -2.24. The van der Waals surface area contributed by atoms with Crippen molar-refractivity contribution in [3.8, 4) is 5.75 Å². The van der Waals surface area contributed by atoms with Crippen molar-refractivity contribution in [2.75, 3.05) is 27.2 Å². The van der Waals surface area contributed by atoms with E-state index in [2.05, 4.69) is 26.6 Å². The van der Waals surface area contributed by atoms with Crippen LogP contribution in [-0.2, 0) is 6.54 Å². The molecule has 0 aliphatic carbocycles. The molecule has 0 radical (unpaired) electrons. The number of halogens is 1. The fourth-order valence-electron chi connectivity index (χ4n) is 1.25. The summed E-state index contributed by atoms with van der Waals surface area (Å²) in [6.45, 7) is 2.78. The van der Waals surface area contributed by atoms with E-state index in [0.29, 0.717) is 0 Å². The van der Waals surface area contributed by atoms with E-state index in [4.69, 9.17) is 4.74 Å². The first-order valence-electron chi connectivity index (χ1n) is 4.95. The Morgan fingerprint density at radius 3 is 2.80 bits per heavy atom. The number of nitrogens with one attached hydrogen (secondary N) is 2. The molecule has 0 aliphatic rings. The Morgan fingerprint density at radius 1 is 1.33 bits per heavy atom. The molecule has 0 aromatic heterocycles. The maximum atomic E-state index is 5.18. The molecule has 0 heterocycles. The molecule has 0 bridgehead atoms. The summed E-state index contributed by atoms with van der Waals surface area (Å²) in [4.78, 5) is 0. The molecule has 0 fully saturated rings. The molecule has 1 aromatic carbocycles. The molecular formula is C11H17BrN2O. The lowest BCUT2D eigenvalue weighted by Gasteiger charge is -2.08. The van der Waals surface area contributed by atoms with Crippen molar-refractivity contribution in [2.24, 2.45) is 0 Å². The second-order valence-corrected chi connectivity index (χ2v) is 4.09. The SMILES string of the molecule is CNCCNCc1cc(OC)ccc1Br. The number of benzene rings is 1. The fraction of sp³-hybridized carbons (Fsp3) is 0.455. The van der Waals surface area contributed by atoms with Gasteiger partial charge < -0.3 is 15.4 Å². The first kappa shape index (κ1) is 12.5. The van der Waals surface area contributed by atoms with Gasteiger partial charge in [-0.05, 0) is 30.8 Å².